The number of anilines is 1. The first-order valence-corrected chi connectivity index (χ1v) is 10.9. The van der Waals surface area contributed by atoms with Crippen LogP contribution in [0.5, 0.6) is 0 Å². The summed E-state index contributed by atoms with van der Waals surface area (Å²) < 4.78 is 6.96. The minimum absolute atomic E-state index is 0.0509. The van der Waals surface area contributed by atoms with Crippen molar-refractivity contribution in [3.8, 4) is 11.3 Å². The Hall–Kier alpha value is -2.93. The molecule has 3 heterocycles. The van der Waals surface area contributed by atoms with Gasteiger partial charge in [-0.15, -0.1) is 0 Å². The fourth-order valence-electron chi connectivity index (χ4n) is 4.36. The zero-order chi connectivity index (χ0) is 22.0. The average Bonchev–Trinajstić information content (AvgIpc) is 3.17. The molecule has 0 aliphatic carbocycles. The summed E-state index contributed by atoms with van der Waals surface area (Å²) >= 11 is 0. The van der Waals surface area contributed by atoms with Crippen LogP contribution in [0, 0.1) is 26.7 Å². The Labute approximate surface area is 183 Å². The third-order valence-electron chi connectivity index (χ3n) is 5.85. The van der Waals surface area contributed by atoms with Crippen LogP contribution >= 0.6 is 0 Å². The molecular weight excluding hydrogens is 390 g/mol. The van der Waals surface area contributed by atoms with Crippen LogP contribution in [0.3, 0.4) is 0 Å². The molecule has 1 amide bonds. The number of benzene rings is 1. The maximum absolute atomic E-state index is 12.4. The molecule has 7 heteroatoms. The lowest BCUT2D eigenvalue weighted by Crippen LogP contribution is -2.42. The van der Waals surface area contributed by atoms with Gasteiger partial charge >= 0.3 is 0 Å². The van der Waals surface area contributed by atoms with E-state index in [-0.39, 0.29) is 11.8 Å². The highest BCUT2D eigenvalue weighted by atomic mass is 16.5. The van der Waals surface area contributed by atoms with Gasteiger partial charge in [0.1, 0.15) is 5.82 Å². The highest BCUT2D eigenvalue weighted by Crippen LogP contribution is 2.28. The van der Waals surface area contributed by atoms with Crippen molar-refractivity contribution in [1.82, 2.24) is 19.9 Å². The Bertz CT molecular complexity index is 1060. The van der Waals surface area contributed by atoms with E-state index in [1.54, 1.807) is 7.11 Å². The number of fused-ring (bicyclic) bond motifs is 1. The first kappa shape index (κ1) is 21.3. The van der Waals surface area contributed by atoms with E-state index in [2.05, 4.69) is 54.4 Å². The molecular formula is C24H31N5O2. The second-order valence-corrected chi connectivity index (χ2v) is 8.48. The molecule has 0 saturated carbocycles. The zero-order valence-corrected chi connectivity index (χ0v) is 18.8. The number of amides is 1. The number of aryl methyl sites for hydroxylation is 3. The van der Waals surface area contributed by atoms with Crippen LogP contribution in [-0.4, -0.2) is 53.9 Å². The second kappa shape index (κ2) is 9.06. The second-order valence-electron chi connectivity index (χ2n) is 8.48. The van der Waals surface area contributed by atoms with E-state index in [0.29, 0.717) is 13.2 Å². The molecule has 1 N–H and O–H groups in total. The smallest absolute Gasteiger partial charge is 0.223 e. The van der Waals surface area contributed by atoms with E-state index >= 15 is 0 Å². The number of nitrogens with zero attached hydrogens (tertiary/aromatic N) is 4. The van der Waals surface area contributed by atoms with Crippen molar-refractivity contribution in [3.05, 3.63) is 47.2 Å². The van der Waals surface area contributed by atoms with Gasteiger partial charge in [-0.1, -0.05) is 17.2 Å². The number of aromatic nitrogens is 3. The topological polar surface area (TPSA) is 71.8 Å². The Morgan fingerprint density at radius 1 is 1.10 bits per heavy atom. The average molecular weight is 422 g/mol. The Kier molecular flexibility index (Phi) is 6.23. The Balaban J connectivity index is 1.56. The molecule has 7 nitrogen and oxygen atoms in total. The molecule has 0 spiro atoms. The van der Waals surface area contributed by atoms with Gasteiger partial charge in [0, 0.05) is 56.1 Å². The van der Waals surface area contributed by atoms with Crippen molar-refractivity contribution < 1.29 is 9.53 Å². The molecule has 1 aliphatic heterocycles. The fraction of sp³-hybridized carbons (Fsp3) is 0.458. The standard InChI is InChI=1S/C24H31N5O2/c1-16-11-17(2)13-20(12-16)21-15-22-26-18(3)14-23(29(22)27-21)28-8-5-19(6-9-28)24(30)25-7-10-31-4/h11-15,19H,5-10H2,1-4H3,(H,25,30). The predicted octanol–water partition coefficient (Wildman–Crippen LogP) is 3.30. The van der Waals surface area contributed by atoms with Crippen molar-refractivity contribution in [3.63, 3.8) is 0 Å². The van der Waals surface area contributed by atoms with E-state index in [0.717, 1.165) is 54.3 Å². The lowest BCUT2D eigenvalue weighted by molar-refractivity contribution is -0.125. The molecule has 1 aliphatic rings. The fourth-order valence-corrected chi connectivity index (χ4v) is 4.36. The molecule has 4 rings (SSSR count). The number of carbonyl (C=O) groups excluding carboxylic acids is 1. The van der Waals surface area contributed by atoms with Crippen LogP contribution in [0.25, 0.3) is 16.9 Å². The summed E-state index contributed by atoms with van der Waals surface area (Å²) in [6, 6.07) is 10.6. The quantitative estimate of drug-likeness (QED) is 0.619. The molecule has 1 fully saturated rings. The summed E-state index contributed by atoms with van der Waals surface area (Å²) in [5.74, 6) is 1.22. The van der Waals surface area contributed by atoms with Crippen LogP contribution < -0.4 is 10.2 Å². The predicted molar refractivity (Wildman–Crippen MR) is 122 cm³/mol. The summed E-state index contributed by atoms with van der Waals surface area (Å²) in [6.07, 6.45) is 1.65. The molecule has 0 atom stereocenters. The van der Waals surface area contributed by atoms with Gasteiger partial charge in [-0.3, -0.25) is 4.79 Å². The molecule has 31 heavy (non-hydrogen) atoms. The number of piperidine rings is 1. The minimum atomic E-state index is 0.0509. The lowest BCUT2D eigenvalue weighted by atomic mass is 9.96. The monoisotopic (exact) mass is 421 g/mol. The summed E-state index contributed by atoms with van der Waals surface area (Å²) in [6.45, 7) is 8.98. The van der Waals surface area contributed by atoms with Gasteiger partial charge in [0.15, 0.2) is 5.65 Å². The summed E-state index contributed by atoms with van der Waals surface area (Å²) in [5, 5.41) is 7.87. The first-order valence-electron chi connectivity index (χ1n) is 10.9. The van der Waals surface area contributed by atoms with E-state index < -0.39 is 0 Å². The van der Waals surface area contributed by atoms with Crippen LogP contribution in [-0.2, 0) is 9.53 Å². The Morgan fingerprint density at radius 2 is 1.81 bits per heavy atom. The maximum Gasteiger partial charge on any atom is 0.223 e. The zero-order valence-electron chi connectivity index (χ0n) is 18.8. The molecule has 1 saturated heterocycles. The molecule has 0 unspecified atom stereocenters. The first-order chi connectivity index (χ1) is 14.9. The van der Waals surface area contributed by atoms with Gasteiger partial charge in [0.05, 0.1) is 12.3 Å². The van der Waals surface area contributed by atoms with Gasteiger partial charge in [-0.2, -0.15) is 9.61 Å². The van der Waals surface area contributed by atoms with Crippen LogP contribution in [0.15, 0.2) is 30.3 Å². The van der Waals surface area contributed by atoms with Crippen molar-refractivity contribution in [2.75, 3.05) is 38.3 Å². The molecule has 1 aromatic carbocycles. The lowest BCUT2D eigenvalue weighted by Gasteiger charge is -2.33. The van der Waals surface area contributed by atoms with E-state index in [4.69, 9.17) is 14.8 Å². The number of nitrogens with one attached hydrogen (secondary N) is 1. The summed E-state index contributed by atoms with van der Waals surface area (Å²) in [7, 11) is 1.64. The highest BCUT2D eigenvalue weighted by Gasteiger charge is 2.26. The summed E-state index contributed by atoms with van der Waals surface area (Å²) in [4.78, 5) is 19.4. The van der Waals surface area contributed by atoms with Gasteiger partial charge < -0.3 is 15.0 Å². The van der Waals surface area contributed by atoms with Gasteiger partial charge in [0.2, 0.25) is 5.91 Å². The molecule has 2 aromatic heterocycles. The minimum Gasteiger partial charge on any atom is -0.383 e. The summed E-state index contributed by atoms with van der Waals surface area (Å²) in [5.41, 5.74) is 6.30. The number of hydrogen-bond donors (Lipinski definition) is 1. The van der Waals surface area contributed by atoms with Gasteiger partial charge in [0.25, 0.3) is 0 Å². The molecule has 3 aromatic rings. The number of ether oxygens (including phenoxy) is 1. The van der Waals surface area contributed by atoms with Crippen LogP contribution in [0.2, 0.25) is 0 Å². The molecule has 0 radical (unpaired) electrons. The largest absolute Gasteiger partial charge is 0.383 e. The van der Waals surface area contributed by atoms with Crippen LogP contribution in [0.1, 0.15) is 29.7 Å². The maximum atomic E-state index is 12.4. The number of rotatable bonds is 6. The van der Waals surface area contributed by atoms with E-state index in [1.807, 2.05) is 11.4 Å². The normalized spacial score (nSPS) is 14.9. The van der Waals surface area contributed by atoms with Crippen LogP contribution in [0.4, 0.5) is 5.82 Å². The highest BCUT2D eigenvalue weighted by molar-refractivity contribution is 5.79. The van der Waals surface area contributed by atoms with Crippen molar-refractivity contribution in [2.45, 2.75) is 33.6 Å². The van der Waals surface area contributed by atoms with E-state index in [1.165, 1.54) is 11.1 Å². The molecule has 164 valence electrons. The third kappa shape index (κ3) is 4.71. The van der Waals surface area contributed by atoms with Crippen molar-refractivity contribution >= 4 is 17.4 Å². The SMILES string of the molecule is COCCNC(=O)C1CCN(c2cc(C)nc3cc(-c4cc(C)cc(C)c4)nn23)CC1. The Morgan fingerprint density at radius 3 is 2.48 bits per heavy atom. The number of hydrogen-bond acceptors (Lipinski definition) is 5. The van der Waals surface area contributed by atoms with Crippen molar-refractivity contribution in [1.29, 1.82) is 0 Å². The van der Waals surface area contributed by atoms with Crippen molar-refractivity contribution in [2.24, 2.45) is 5.92 Å². The number of carbonyl (C=O) groups is 1. The van der Waals surface area contributed by atoms with Gasteiger partial charge in [-0.05, 0) is 45.7 Å². The number of methoxy groups -OCH3 is 1. The van der Waals surface area contributed by atoms with E-state index in [9.17, 15) is 4.79 Å². The molecule has 0 bridgehead atoms. The third-order valence-corrected chi connectivity index (χ3v) is 5.85. The van der Waals surface area contributed by atoms with Gasteiger partial charge in [-0.25, -0.2) is 4.98 Å².